The molecule has 3 rings (SSSR count). The molecule has 144 valence electrons. The smallest absolute Gasteiger partial charge is 0.309 e. The van der Waals surface area contributed by atoms with E-state index in [0.29, 0.717) is 12.2 Å². The number of benzene rings is 1. The van der Waals surface area contributed by atoms with E-state index >= 15 is 0 Å². The molecule has 2 aliphatic rings. The molecular weight excluding hydrogens is 372 g/mol. The van der Waals surface area contributed by atoms with Gasteiger partial charge in [-0.25, -0.2) is 0 Å². The van der Waals surface area contributed by atoms with Gasteiger partial charge in [0.2, 0.25) is 5.91 Å². The number of thioether (sulfide) groups is 1. The molecule has 0 bridgehead atoms. The topological polar surface area (TPSA) is 111 Å². The van der Waals surface area contributed by atoms with Crippen LogP contribution in [0, 0.1) is 11.8 Å². The maximum absolute atomic E-state index is 12.1. The monoisotopic (exact) mass is 392 g/mol. The zero-order chi connectivity index (χ0) is 19.4. The van der Waals surface area contributed by atoms with Gasteiger partial charge in [0.05, 0.1) is 18.8 Å². The summed E-state index contributed by atoms with van der Waals surface area (Å²) in [5, 5.41) is 4.89. The first kappa shape index (κ1) is 19.2. The third kappa shape index (κ3) is 4.79. The highest BCUT2D eigenvalue weighted by molar-refractivity contribution is 8.00. The van der Waals surface area contributed by atoms with Gasteiger partial charge in [0.1, 0.15) is 22.9 Å². The predicted octanol–water partition coefficient (Wildman–Crippen LogP) is 0.118. The van der Waals surface area contributed by atoms with Gasteiger partial charge in [-0.05, 0) is 18.6 Å². The Hall–Kier alpha value is -2.55. The van der Waals surface area contributed by atoms with Crippen molar-refractivity contribution in [1.29, 1.82) is 0 Å². The van der Waals surface area contributed by atoms with Crippen LogP contribution in [-0.2, 0) is 23.9 Å². The number of amides is 2. The number of ketones is 1. The minimum atomic E-state index is -0.703. The molecule has 1 aromatic carbocycles. The van der Waals surface area contributed by atoms with Crippen LogP contribution in [0.3, 0.4) is 0 Å². The van der Waals surface area contributed by atoms with Crippen LogP contribution in [-0.4, -0.2) is 54.5 Å². The molecule has 0 radical (unpaired) electrons. The average molecular weight is 392 g/mol. The molecule has 2 N–H and O–H groups in total. The molecule has 0 aromatic heterocycles. The molecule has 1 aliphatic heterocycles. The van der Waals surface area contributed by atoms with E-state index < -0.39 is 11.9 Å². The number of ether oxygens (including phenoxy) is 2. The third-order valence-corrected chi connectivity index (χ3v) is 5.61. The SMILES string of the molecule is COC(=O)C1CC1C(=O)CS[C@H]1NC(=O)[C@H]1NC(=O)COc1ccccc1. The molecule has 2 amide bonds. The van der Waals surface area contributed by atoms with Crippen molar-refractivity contribution >= 4 is 35.3 Å². The van der Waals surface area contributed by atoms with Gasteiger partial charge in [-0.15, -0.1) is 11.8 Å². The van der Waals surface area contributed by atoms with Gasteiger partial charge in [-0.1, -0.05) is 18.2 Å². The van der Waals surface area contributed by atoms with Gasteiger partial charge >= 0.3 is 5.97 Å². The van der Waals surface area contributed by atoms with Crippen molar-refractivity contribution < 1.29 is 28.7 Å². The largest absolute Gasteiger partial charge is 0.484 e. The Morgan fingerprint density at radius 1 is 1.22 bits per heavy atom. The lowest BCUT2D eigenvalue weighted by Crippen LogP contribution is -2.68. The van der Waals surface area contributed by atoms with Gasteiger partial charge in [0.25, 0.3) is 5.91 Å². The van der Waals surface area contributed by atoms with Crippen LogP contribution in [0.1, 0.15) is 6.42 Å². The maximum Gasteiger partial charge on any atom is 0.309 e. The van der Waals surface area contributed by atoms with Crippen molar-refractivity contribution in [2.45, 2.75) is 17.8 Å². The van der Waals surface area contributed by atoms with E-state index in [2.05, 4.69) is 15.4 Å². The number of β-lactam (4-membered cyclic amide) rings is 1. The number of hydrogen-bond acceptors (Lipinski definition) is 7. The maximum atomic E-state index is 12.1. The third-order valence-electron chi connectivity index (χ3n) is 4.41. The molecule has 1 saturated heterocycles. The Bertz CT molecular complexity index is 741. The van der Waals surface area contributed by atoms with Crippen molar-refractivity contribution in [3.8, 4) is 5.75 Å². The van der Waals surface area contributed by atoms with E-state index in [1.54, 1.807) is 24.3 Å². The Kier molecular flexibility index (Phi) is 6.00. The van der Waals surface area contributed by atoms with Crippen LogP contribution in [0.5, 0.6) is 5.75 Å². The van der Waals surface area contributed by atoms with Gasteiger partial charge < -0.3 is 20.1 Å². The van der Waals surface area contributed by atoms with Crippen molar-refractivity contribution in [2.24, 2.45) is 11.8 Å². The van der Waals surface area contributed by atoms with Crippen LogP contribution in [0.4, 0.5) is 0 Å². The molecule has 4 atom stereocenters. The molecule has 1 aromatic rings. The zero-order valence-corrected chi connectivity index (χ0v) is 15.5. The van der Waals surface area contributed by atoms with Crippen molar-refractivity contribution in [1.82, 2.24) is 10.6 Å². The lowest BCUT2D eigenvalue weighted by atomic mass is 10.1. The highest BCUT2D eigenvalue weighted by atomic mass is 32.2. The number of para-hydroxylation sites is 1. The van der Waals surface area contributed by atoms with E-state index in [0.717, 1.165) is 0 Å². The number of methoxy groups -OCH3 is 1. The fraction of sp³-hybridized carbons (Fsp3) is 0.444. The van der Waals surface area contributed by atoms with Crippen LogP contribution in [0.15, 0.2) is 30.3 Å². The zero-order valence-electron chi connectivity index (χ0n) is 14.7. The Balaban J connectivity index is 1.39. The number of hydrogen-bond donors (Lipinski definition) is 2. The number of esters is 1. The first-order chi connectivity index (χ1) is 13.0. The first-order valence-electron chi connectivity index (χ1n) is 8.49. The van der Waals surface area contributed by atoms with Crippen LogP contribution < -0.4 is 15.4 Å². The number of nitrogens with one attached hydrogen (secondary N) is 2. The minimum Gasteiger partial charge on any atom is -0.484 e. The van der Waals surface area contributed by atoms with Crippen LogP contribution >= 0.6 is 11.8 Å². The molecule has 27 heavy (non-hydrogen) atoms. The van der Waals surface area contributed by atoms with E-state index in [-0.39, 0.29) is 47.2 Å². The average Bonchev–Trinajstić information content (AvgIpc) is 3.48. The normalized spacial score (nSPS) is 25.6. The summed E-state index contributed by atoms with van der Waals surface area (Å²) < 4.78 is 9.97. The predicted molar refractivity (Wildman–Crippen MR) is 96.9 cm³/mol. The van der Waals surface area contributed by atoms with Gasteiger partial charge in [0, 0.05) is 5.92 Å². The standard InChI is InChI=1S/C18H20N2O6S/c1-25-18(24)12-7-11(12)13(21)9-27-17-15(16(23)20-17)19-14(22)8-26-10-5-3-2-4-6-10/h2-6,11-12,15,17H,7-9H2,1H3,(H,19,22)(H,20,23)/t11?,12?,15-,17-/m1/s1. The Morgan fingerprint density at radius 3 is 2.63 bits per heavy atom. The molecule has 8 nitrogen and oxygen atoms in total. The Morgan fingerprint density at radius 2 is 1.96 bits per heavy atom. The van der Waals surface area contributed by atoms with Gasteiger partial charge in [0.15, 0.2) is 6.61 Å². The molecular formula is C18H20N2O6S. The van der Waals surface area contributed by atoms with E-state index in [1.807, 2.05) is 6.07 Å². The van der Waals surface area contributed by atoms with E-state index in [9.17, 15) is 19.2 Å². The van der Waals surface area contributed by atoms with E-state index in [1.165, 1.54) is 18.9 Å². The van der Waals surface area contributed by atoms with Gasteiger partial charge in [-0.2, -0.15) is 0 Å². The van der Waals surface area contributed by atoms with Crippen LogP contribution in [0.2, 0.25) is 0 Å². The second-order valence-corrected chi connectivity index (χ2v) is 7.46. The first-order valence-corrected chi connectivity index (χ1v) is 9.54. The number of Topliss-reactive ketones (excluding diaryl/α,β-unsaturated/α-hetero) is 1. The van der Waals surface area contributed by atoms with Crippen molar-refractivity contribution in [2.75, 3.05) is 19.5 Å². The molecule has 2 unspecified atom stereocenters. The molecule has 0 spiro atoms. The summed E-state index contributed by atoms with van der Waals surface area (Å²) in [7, 11) is 1.30. The summed E-state index contributed by atoms with van der Waals surface area (Å²) >= 11 is 1.24. The number of carbonyl (C=O) groups is 4. The van der Waals surface area contributed by atoms with E-state index in [4.69, 9.17) is 4.74 Å². The number of rotatable bonds is 9. The summed E-state index contributed by atoms with van der Waals surface area (Å²) in [6, 6.07) is 8.18. The quantitative estimate of drug-likeness (QED) is 0.453. The second-order valence-electron chi connectivity index (χ2n) is 6.33. The summed E-state index contributed by atoms with van der Waals surface area (Å²) in [5.74, 6) is -1.04. The highest BCUT2D eigenvalue weighted by Crippen LogP contribution is 2.41. The summed E-state index contributed by atoms with van der Waals surface area (Å²) in [6.07, 6.45) is 0.514. The molecule has 1 heterocycles. The Labute approximate surface area is 160 Å². The summed E-state index contributed by atoms with van der Waals surface area (Å²) in [6.45, 7) is -0.201. The lowest BCUT2D eigenvalue weighted by molar-refractivity contribution is -0.143. The minimum absolute atomic E-state index is 0.0472. The summed E-state index contributed by atoms with van der Waals surface area (Å²) in [5.41, 5.74) is 0. The molecule has 1 saturated carbocycles. The fourth-order valence-electron chi connectivity index (χ4n) is 2.76. The molecule has 1 aliphatic carbocycles. The lowest BCUT2D eigenvalue weighted by Gasteiger charge is -2.36. The van der Waals surface area contributed by atoms with Crippen molar-refractivity contribution in [3.63, 3.8) is 0 Å². The highest BCUT2D eigenvalue weighted by Gasteiger charge is 2.49. The fourth-order valence-corrected chi connectivity index (χ4v) is 3.90. The molecule has 2 fully saturated rings. The van der Waals surface area contributed by atoms with Gasteiger partial charge in [-0.3, -0.25) is 19.2 Å². The number of carbonyl (C=O) groups excluding carboxylic acids is 4. The second kappa shape index (κ2) is 8.43. The molecule has 9 heteroatoms. The van der Waals surface area contributed by atoms with Crippen LogP contribution in [0.25, 0.3) is 0 Å². The summed E-state index contributed by atoms with van der Waals surface area (Å²) in [4.78, 5) is 47.1. The van der Waals surface area contributed by atoms with Crippen molar-refractivity contribution in [3.05, 3.63) is 30.3 Å².